The van der Waals surface area contributed by atoms with E-state index >= 15 is 0 Å². The fraction of sp³-hybridized carbons (Fsp3) is 0.750. The van der Waals surface area contributed by atoms with Crippen molar-refractivity contribution in [3.8, 4) is 0 Å². The van der Waals surface area contributed by atoms with Gasteiger partial charge in [0.2, 0.25) is 5.91 Å². The van der Waals surface area contributed by atoms with Crippen LogP contribution in [0.3, 0.4) is 0 Å². The quantitative estimate of drug-likeness (QED) is 0.806. The van der Waals surface area contributed by atoms with Crippen LogP contribution in [0.5, 0.6) is 0 Å². The van der Waals surface area contributed by atoms with Crippen LogP contribution in [0.25, 0.3) is 0 Å². The molecule has 4 heteroatoms. The Balaban J connectivity index is 2.58. The second-order valence-corrected chi connectivity index (χ2v) is 6.80. The van der Waals surface area contributed by atoms with Crippen LogP contribution in [0, 0.1) is 11.3 Å². The number of carboxylic acids is 1. The highest BCUT2D eigenvalue weighted by molar-refractivity contribution is 5.88. The summed E-state index contributed by atoms with van der Waals surface area (Å²) in [5, 5.41) is 8.74. The van der Waals surface area contributed by atoms with Crippen molar-refractivity contribution in [1.29, 1.82) is 0 Å². The molecule has 1 fully saturated rings. The monoisotopic (exact) mass is 281 g/mol. The molecule has 0 aliphatic carbocycles. The Kier molecular flexibility index (Phi) is 5.78. The molecule has 1 amide bonds. The molecule has 4 nitrogen and oxygen atoms in total. The van der Waals surface area contributed by atoms with Crippen LogP contribution in [0.15, 0.2) is 11.6 Å². The van der Waals surface area contributed by atoms with E-state index < -0.39 is 5.97 Å². The van der Waals surface area contributed by atoms with Crippen LogP contribution in [0.2, 0.25) is 0 Å². The lowest BCUT2D eigenvalue weighted by molar-refractivity contribution is -0.137. The first-order valence-electron chi connectivity index (χ1n) is 7.39. The largest absolute Gasteiger partial charge is 0.481 e. The van der Waals surface area contributed by atoms with Crippen molar-refractivity contribution in [1.82, 2.24) is 4.90 Å². The van der Waals surface area contributed by atoms with Gasteiger partial charge in [-0.15, -0.1) is 0 Å². The van der Waals surface area contributed by atoms with E-state index in [1.54, 1.807) is 6.08 Å². The smallest absolute Gasteiger partial charge is 0.303 e. The molecule has 20 heavy (non-hydrogen) atoms. The Morgan fingerprint density at radius 1 is 1.35 bits per heavy atom. The number of nitrogens with zero attached hydrogens (tertiary/aromatic N) is 1. The van der Waals surface area contributed by atoms with Gasteiger partial charge in [-0.1, -0.05) is 26.3 Å². The number of rotatable bonds is 4. The first kappa shape index (κ1) is 16.7. The maximum atomic E-state index is 12.3. The maximum Gasteiger partial charge on any atom is 0.303 e. The number of hydrogen-bond acceptors (Lipinski definition) is 2. The summed E-state index contributed by atoms with van der Waals surface area (Å²) in [5.74, 6) is -0.360. The molecule has 0 unspecified atom stereocenters. The molecule has 114 valence electrons. The molecule has 0 aromatic carbocycles. The second kappa shape index (κ2) is 6.91. The standard InChI is InChI=1S/C16H27NO3/c1-12(16(2,3)4)10-14(18)17-9-5-6-13(11-17)7-8-15(19)20/h10,13H,5-9,11H2,1-4H3,(H,19,20)/b12-10+/t13-/m1/s1. The zero-order valence-electron chi connectivity index (χ0n) is 13.1. The Morgan fingerprint density at radius 3 is 2.55 bits per heavy atom. The van der Waals surface area contributed by atoms with Crippen molar-refractivity contribution in [2.75, 3.05) is 13.1 Å². The molecular weight excluding hydrogens is 254 g/mol. The van der Waals surface area contributed by atoms with Crippen molar-refractivity contribution >= 4 is 11.9 Å². The Morgan fingerprint density at radius 2 is 2.00 bits per heavy atom. The number of likely N-dealkylation sites (tertiary alicyclic amines) is 1. The number of aliphatic carboxylic acids is 1. The van der Waals surface area contributed by atoms with Crippen molar-refractivity contribution in [3.63, 3.8) is 0 Å². The molecule has 0 saturated carbocycles. The van der Waals surface area contributed by atoms with Gasteiger partial charge in [-0.25, -0.2) is 0 Å². The van der Waals surface area contributed by atoms with E-state index in [9.17, 15) is 9.59 Å². The van der Waals surface area contributed by atoms with Crippen LogP contribution in [-0.4, -0.2) is 35.0 Å². The number of carboxylic acid groups (broad SMARTS) is 1. The van der Waals surface area contributed by atoms with Gasteiger partial charge in [0.1, 0.15) is 0 Å². The van der Waals surface area contributed by atoms with E-state index in [-0.39, 0.29) is 17.7 Å². The first-order valence-corrected chi connectivity index (χ1v) is 7.39. The highest BCUT2D eigenvalue weighted by Crippen LogP contribution is 2.26. The Bertz CT molecular complexity index is 393. The Labute approximate surface area is 121 Å². The summed E-state index contributed by atoms with van der Waals surface area (Å²) in [6.07, 6.45) is 4.60. The van der Waals surface area contributed by atoms with Gasteiger partial charge in [0.25, 0.3) is 0 Å². The van der Waals surface area contributed by atoms with Crippen molar-refractivity contribution in [2.45, 2.75) is 53.4 Å². The van der Waals surface area contributed by atoms with Gasteiger partial charge >= 0.3 is 5.97 Å². The third kappa shape index (κ3) is 5.35. The molecule has 0 radical (unpaired) electrons. The Hall–Kier alpha value is -1.32. The molecule has 1 aliphatic heterocycles. The van der Waals surface area contributed by atoms with E-state index in [0.29, 0.717) is 18.9 Å². The number of amides is 1. The lowest BCUT2D eigenvalue weighted by Gasteiger charge is -2.32. The molecule has 1 saturated heterocycles. The van der Waals surface area contributed by atoms with Gasteiger partial charge in [0, 0.05) is 25.6 Å². The fourth-order valence-corrected chi connectivity index (χ4v) is 2.32. The molecule has 1 N–H and O–H groups in total. The van der Waals surface area contributed by atoms with Gasteiger partial charge in [-0.2, -0.15) is 0 Å². The van der Waals surface area contributed by atoms with Gasteiger partial charge in [0.15, 0.2) is 0 Å². The van der Waals surface area contributed by atoms with Crippen molar-refractivity contribution in [2.24, 2.45) is 11.3 Å². The lowest BCUT2D eigenvalue weighted by Crippen LogP contribution is -2.39. The molecular formula is C16H27NO3. The number of piperidine rings is 1. The van der Waals surface area contributed by atoms with Crippen LogP contribution < -0.4 is 0 Å². The minimum Gasteiger partial charge on any atom is -0.481 e. The summed E-state index contributed by atoms with van der Waals surface area (Å²) in [6, 6.07) is 0. The summed E-state index contributed by atoms with van der Waals surface area (Å²) < 4.78 is 0. The summed E-state index contributed by atoms with van der Waals surface area (Å²) >= 11 is 0. The van der Waals surface area contributed by atoms with Gasteiger partial charge in [-0.05, 0) is 37.5 Å². The van der Waals surface area contributed by atoms with Gasteiger partial charge < -0.3 is 10.0 Å². The van der Waals surface area contributed by atoms with E-state index in [1.807, 2.05) is 11.8 Å². The van der Waals surface area contributed by atoms with E-state index in [2.05, 4.69) is 20.8 Å². The molecule has 1 aliphatic rings. The van der Waals surface area contributed by atoms with Crippen LogP contribution >= 0.6 is 0 Å². The fourth-order valence-electron chi connectivity index (χ4n) is 2.32. The normalized spacial score (nSPS) is 20.9. The average Bonchev–Trinajstić information content (AvgIpc) is 2.35. The molecule has 0 bridgehead atoms. The first-order chi connectivity index (χ1) is 9.20. The van der Waals surface area contributed by atoms with E-state index in [1.165, 1.54) is 0 Å². The minimum atomic E-state index is -0.753. The number of allylic oxidation sites excluding steroid dienone is 1. The summed E-state index contributed by atoms with van der Waals surface area (Å²) in [5.41, 5.74) is 1.09. The third-order valence-corrected chi connectivity index (χ3v) is 4.12. The minimum absolute atomic E-state index is 0.00809. The van der Waals surface area contributed by atoms with Crippen LogP contribution in [0.1, 0.15) is 53.4 Å². The van der Waals surface area contributed by atoms with Gasteiger partial charge in [0.05, 0.1) is 0 Å². The summed E-state index contributed by atoms with van der Waals surface area (Å²) in [7, 11) is 0. The topological polar surface area (TPSA) is 57.6 Å². The van der Waals surface area contributed by atoms with Crippen LogP contribution in [-0.2, 0) is 9.59 Å². The predicted octanol–water partition coefficient (Wildman–Crippen LogP) is 3.08. The second-order valence-electron chi connectivity index (χ2n) is 6.80. The van der Waals surface area contributed by atoms with E-state index in [4.69, 9.17) is 5.11 Å². The lowest BCUT2D eigenvalue weighted by atomic mass is 9.87. The number of carbonyl (C=O) groups excluding carboxylic acids is 1. The number of carbonyl (C=O) groups is 2. The molecule has 1 rings (SSSR count). The zero-order chi connectivity index (χ0) is 15.3. The zero-order valence-corrected chi connectivity index (χ0v) is 13.1. The summed E-state index contributed by atoms with van der Waals surface area (Å²) in [6.45, 7) is 9.76. The van der Waals surface area contributed by atoms with E-state index in [0.717, 1.165) is 25.0 Å². The molecule has 0 aromatic heterocycles. The average molecular weight is 281 g/mol. The van der Waals surface area contributed by atoms with Gasteiger partial charge in [-0.3, -0.25) is 9.59 Å². The van der Waals surface area contributed by atoms with Crippen LogP contribution in [0.4, 0.5) is 0 Å². The maximum absolute atomic E-state index is 12.3. The third-order valence-electron chi connectivity index (χ3n) is 4.12. The van der Waals surface area contributed by atoms with Crippen molar-refractivity contribution < 1.29 is 14.7 Å². The molecule has 1 atom stereocenters. The van der Waals surface area contributed by atoms with Crippen molar-refractivity contribution in [3.05, 3.63) is 11.6 Å². The highest BCUT2D eigenvalue weighted by Gasteiger charge is 2.24. The predicted molar refractivity (Wildman–Crippen MR) is 79.4 cm³/mol. The highest BCUT2D eigenvalue weighted by atomic mass is 16.4. The molecule has 1 heterocycles. The molecule has 0 aromatic rings. The summed E-state index contributed by atoms with van der Waals surface area (Å²) in [4.78, 5) is 24.8. The number of hydrogen-bond donors (Lipinski definition) is 1. The molecule has 0 spiro atoms. The SMILES string of the molecule is C/C(=C\C(=O)N1CCC[C@H](CCC(=O)O)C1)C(C)(C)C.